The van der Waals surface area contributed by atoms with Gasteiger partial charge >= 0.3 is 0 Å². The molecule has 1 aliphatic rings. The van der Waals surface area contributed by atoms with E-state index in [1.54, 1.807) is 6.07 Å². The zero-order chi connectivity index (χ0) is 14.1. The molecule has 20 heavy (non-hydrogen) atoms. The number of ether oxygens (including phenoxy) is 1. The molecule has 0 spiro atoms. The number of fused-ring (bicyclic) bond motifs is 1. The van der Waals surface area contributed by atoms with Gasteiger partial charge in [-0.15, -0.1) is 0 Å². The highest BCUT2D eigenvalue weighted by molar-refractivity contribution is 5.97. The molecule has 1 aromatic carbocycles. The van der Waals surface area contributed by atoms with Gasteiger partial charge in [-0.3, -0.25) is 9.69 Å². The maximum atomic E-state index is 11.3. The smallest absolute Gasteiger partial charge is 0.248 e. The lowest BCUT2D eigenvalue weighted by Gasteiger charge is -2.33. The molecule has 0 bridgehead atoms. The quantitative estimate of drug-likeness (QED) is 0.924. The Kier molecular flexibility index (Phi) is 3.46. The molecule has 2 N–H and O–H groups in total. The molecule has 1 atom stereocenters. The monoisotopic (exact) mass is 273 g/mol. The number of hydrogen-bond acceptors (Lipinski definition) is 3. The fraction of sp³-hybridized carbons (Fsp3) is 0.400. The van der Waals surface area contributed by atoms with Crippen molar-refractivity contribution >= 4 is 16.8 Å². The van der Waals surface area contributed by atoms with Crippen molar-refractivity contribution in [3.8, 4) is 0 Å². The highest BCUT2D eigenvalue weighted by Crippen LogP contribution is 2.24. The maximum absolute atomic E-state index is 11.3. The van der Waals surface area contributed by atoms with E-state index < -0.39 is 5.91 Å². The minimum atomic E-state index is -0.390. The molecule has 106 valence electrons. The van der Waals surface area contributed by atoms with Gasteiger partial charge in [-0.25, -0.2) is 0 Å². The molecule has 1 fully saturated rings. The number of aromatic nitrogens is 1. The Morgan fingerprint density at radius 1 is 1.30 bits per heavy atom. The highest BCUT2D eigenvalue weighted by atomic mass is 16.5. The minimum absolute atomic E-state index is 0.236. The van der Waals surface area contributed by atoms with Crippen molar-refractivity contribution in [1.82, 2.24) is 9.47 Å². The van der Waals surface area contributed by atoms with Crippen LogP contribution >= 0.6 is 0 Å². The normalized spacial score (nSPS) is 18.2. The number of morpholine rings is 1. The van der Waals surface area contributed by atoms with Crippen LogP contribution in [-0.2, 0) is 4.74 Å². The van der Waals surface area contributed by atoms with E-state index in [-0.39, 0.29) is 6.17 Å². The molecule has 1 unspecified atom stereocenters. The molecule has 0 radical (unpaired) electrons. The standard InChI is InChI=1S/C15H19N3O2/c1-11(17-6-8-20-9-7-17)18-5-4-12-2-3-13(15(16)19)10-14(12)18/h2-5,10-11H,6-9H2,1H3,(H2,16,19). The molecular weight excluding hydrogens is 254 g/mol. The Morgan fingerprint density at radius 2 is 2.05 bits per heavy atom. The first kappa shape index (κ1) is 13.1. The lowest BCUT2D eigenvalue weighted by molar-refractivity contribution is 0.00478. The number of carbonyl (C=O) groups is 1. The van der Waals surface area contributed by atoms with Crippen molar-refractivity contribution in [2.75, 3.05) is 26.3 Å². The van der Waals surface area contributed by atoms with Crippen LogP contribution in [0.4, 0.5) is 0 Å². The molecule has 2 heterocycles. The van der Waals surface area contributed by atoms with Gasteiger partial charge in [0.25, 0.3) is 0 Å². The predicted molar refractivity (Wildman–Crippen MR) is 77.6 cm³/mol. The fourth-order valence-electron chi connectivity index (χ4n) is 2.76. The SMILES string of the molecule is CC(N1CCOCC1)n1ccc2ccc(C(N)=O)cc21. The molecule has 1 saturated heterocycles. The molecule has 1 amide bonds. The number of benzene rings is 1. The highest BCUT2D eigenvalue weighted by Gasteiger charge is 2.19. The lowest BCUT2D eigenvalue weighted by Crippen LogP contribution is -2.40. The van der Waals surface area contributed by atoms with Crippen molar-refractivity contribution in [2.24, 2.45) is 5.73 Å². The third-order valence-electron chi connectivity index (χ3n) is 3.98. The summed E-state index contributed by atoms with van der Waals surface area (Å²) in [5.74, 6) is -0.390. The summed E-state index contributed by atoms with van der Waals surface area (Å²) < 4.78 is 7.58. The summed E-state index contributed by atoms with van der Waals surface area (Å²) in [7, 11) is 0. The summed E-state index contributed by atoms with van der Waals surface area (Å²) in [5.41, 5.74) is 6.96. The number of nitrogens with zero attached hydrogens (tertiary/aromatic N) is 2. The van der Waals surface area contributed by atoms with Crippen LogP contribution in [0.2, 0.25) is 0 Å². The van der Waals surface area contributed by atoms with E-state index in [0.29, 0.717) is 5.56 Å². The van der Waals surface area contributed by atoms with Crippen molar-refractivity contribution in [1.29, 1.82) is 0 Å². The van der Waals surface area contributed by atoms with Crippen molar-refractivity contribution in [3.63, 3.8) is 0 Å². The van der Waals surface area contributed by atoms with E-state index >= 15 is 0 Å². The van der Waals surface area contributed by atoms with Crippen LogP contribution in [0.1, 0.15) is 23.4 Å². The van der Waals surface area contributed by atoms with Gasteiger partial charge in [0, 0.05) is 24.8 Å². The summed E-state index contributed by atoms with van der Waals surface area (Å²) in [5, 5.41) is 1.12. The summed E-state index contributed by atoms with van der Waals surface area (Å²) >= 11 is 0. The number of amides is 1. The van der Waals surface area contributed by atoms with Crippen LogP contribution in [0.15, 0.2) is 30.5 Å². The van der Waals surface area contributed by atoms with Crippen LogP contribution in [0, 0.1) is 0 Å². The van der Waals surface area contributed by atoms with Gasteiger partial charge in [0.1, 0.15) is 0 Å². The Hall–Kier alpha value is -1.85. The van der Waals surface area contributed by atoms with Gasteiger partial charge in [0.05, 0.1) is 24.9 Å². The number of rotatable bonds is 3. The average molecular weight is 273 g/mol. The Balaban J connectivity index is 1.97. The molecule has 5 heteroatoms. The first-order valence-corrected chi connectivity index (χ1v) is 6.89. The Bertz CT molecular complexity index is 629. The molecule has 5 nitrogen and oxygen atoms in total. The van der Waals surface area contributed by atoms with Gasteiger partial charge in [0.2, 0.25) is 5.91 Å². The molecule has 1 aromatic heterocycles. The number of hydrogen-bond donors (Lipinski definition) is 1. The van der Waals surface area contributed by atoms with Gasteiger partial charge < -0.3 is 15.0 Å². The van der Waals surface area contributed by atoms with Crippen molar-refractivity contribution in [2.45, 2.75) is 13.1 Å². The molecule has 3 rings (SSSR count). The minimum Gasteiger partial charge on any atom is -0.379 e. The summed E-state index contributed by atoms with van der Waals surface area (Å²) in [6.07, 6.45) is 2.30. The topological polar surface area (TPSA) is 60.5 Å². The number of nitrogens with two attached hydrogens (primary N) is 1. The molecular formula is C15H19N3O2. The first-order valence-electron chi connectivity index (χ1n) is 6.89. The van der Waals surface area contributed by atoms with Crippen LogP contribution in [0.5, 0.6) is 0 Å². The van der Waals surface area contributed by atoms with Gasteiger partial charge in [-0.1, -0.05) is 6.07 Å². The van der Waals surface area contributed by atoms with E-state index in [9.17, 15) is 4.79 Å². The first-order chi connectivity index (χ1) is 9.66. The van der Waals surface area contributed by atoms with E-state index in [0.717, 1.165) is 37.2 Å². The molecule has 1 aliphatic heterocycles. The molecule has 2 aromatic rings. The van der Waals surface area contributed by atoms with Crippen molar-refractivity contribution in [3.05, 3.63) is 36.0 Å². The second-order valence-electron chi connectivity index (χ2n) is 5.14. The van der Waals surface area contributed by atoms with Crippen LogP contribution in [-0.4, -0.2) is 41.7 Å². The maximum Gasteiger partial charge on any atom is 0.248 e. The zero-order valence-corrected chi connectivity index (χ0v) is 11.6. The Labute approximate surface area is 117 Å². The van der Waals surface area contributed by atoms with Crippen LogP contribution in [0.3, 0.4) is 0 Å². The lowest BCUT2D eigenvalue weighted by atomic mass is 10.1. The van der Waals surface area contributed by atoms with Gasteiger partial charge in [-0.2, -0.15) is 0 Å². The van der Waals surface area contributed by atoms with Crippen LogP contribution < -0.4 is 5.73 Å². The number of carbonyl (C=O) groups excluding carboxylic acids is 1. The van der Waals surface area contributed by atoms with Gasteiger partial charge in [-0.05, 0) is 30.5 Å². The van der Waals surface area contributed by atoms with Gasteiger partial charge in [0.15, 0.2) is 0 Å². The summed E-state index contributed by atoms with van der Waals surface area (Å²) in [4.78, 5) is 13.7. The van der Waals surface area contributed by atoms with E-state index in [2.05, 4.69) is 28.7 Å². The third-order valence-corrected chi connectivity index (χ3v) is 3.98. The van der Waals surface area contributed by atoms with E-state index in [1.807, 2.05) is 12.1 Å². The van der Waals surface area contributed by atoms with Crippen LogP contribution in [0.25, 0.3) is 10.9 Å². The summed E-state index contributed by atoms with van der Waals surface area (Å²) in [6.45, 7) is 5.57. The molecule has 0 saturated carbocycles. The third kappa shape index (κ3) is 2.30. The zero-order valence-electron chi connectivity index (χ0n) is 11.6. The second-order valence-corrected chi connectivity index (χ2v) is 5.14. The summed E-state index contributed by atoms with van der Waals surface area (Å²) in [6, 6.07) is 7.65. The predicted octanol–water partition coefficient (Wildman–Crippen LogP) is 1.59. The number of primary amides is 1. The van der Waals surface area contributed by atoms with E-state index in [4.69, 9.17) is 10.5 Å². The van der Waals surface area contributed by atoms with Crippen molar-refractivity contribution < 1.29 is 9.53 Å². The molecule has 0 aliphatic carbocycles. The second kappa shape index (κ2) is 5.26. The Morgan fingerprint density at radius 3 is 2.75 bits per heavy atom. The average Bonchev–Trinajstić information content (AvgIpc) is 2.90. The van der Waals surface area contributed by atoms with E-state index in [1.165, 1.54) is 0 Å². The largest absolute Gasteiger partial charge is 0.379 e. The fourth-order valence-corrected chi connectivity index (χ4v) is 2.76.